The van der Waals surface area contributed by atoms with E-state index >= 15 is 0 Å². The van der Waals surface area contributed by atoms with Gasteiger partial charge in [0.25, 0.3) is 0 Å². The molecule has 2 heterocycles. The van der Waals surface area contributed by atoms with Crippen molar-refractivity contribution in [3.05, 3.63) is 30.3 Å². The maximum absolute atomic E-state index is 12.7. The minimum atomic E-state index is -3.53. The molecule has 2 fully saturated rings. The van der Waals surface area contributed by atoms with Crippen LogP contribution in [0, 0.1) is 5.92 Å². The van der Waals surface area contributed by atoms with Crippen LogP contribution >= 0.6 is 0 Å². The number of ether oxygens (including phenoxy) is 1. The van der Waals surface area contributed by atoms with Crippen molar-refractivity contribution in [3.8, 4) is 0 Å². The van der Waals surface area contributed by atoms with E-state index in [0.29, 0.717) is 13.0 Å². The number of carbonyl (C=O) groups excluding carboxylic acids is 1. The highest BCUT2D eigenvalue weighted by Crippen LogP contribution is 2.35. The maximum Gasteiger partial charge on any atom is 0.243 e. The number of sulfonamides is 1. The first-order chi connectivity index (χ1) is 10.4. The monoisotopic (exact) mass is 324 g/mol. The van der Waals surface area contributed by atoms with Gasteiger partial charge < -0.3 is 9.64 Å². The highest BCUT2D eigenvalue weighted by atomic mass is 32.2. The number of nitrogens with zero attached hydrogens (tertiary/aromatic N) is 2. The number of benzene rings is 1. The lowest BCUT2D eigenvalue weighted by Crippen LogP contribution is -2.47. The quantitative estimate of drug-likeness (QED) is 0.814. The summed E-state index contributed by atoms with van der Waals surface area (Å²) < 4.78 is 32.6. The largest absolute Gasteiger partial charge is 0.371 e. The molecule has 3 rings (SSSR count). The number of carbonyl (C=O) groups is 1. The van der Waals surface area contributed by atoms with E-state index in [-0.39, 0.29) is 35.5 Å². The molecule has 1 aromatic rings. The maximum atomic E-state index is 12.7. The Hall–Kier alpha value is -1.44. The smallest absolute Gasteiger partial charge is 0.243 e. The number of hydrogen-bond acceptors (Lipinski definition) is 4. The average molecular weight is 324 g/mol. The second-order valence-corrected chi connectivity index (χ2v) is 7.94. The second kappa shape index (κ2) is 5.64. The summed E-state index contributed by atoms with van der Waals surface area (Å²) in [7, 11) is -0.106. The lowest BCUT2D eigenvalue weighted by atomic mass is 9.99. The van der Waals surface area contributed by atoms with Gasteiger partial charge in [-0.05, 0) is 18.6 Å². The molecule has 2 saturated heterocycles. The Morgan fingerprint density at radius 2 is 1.91 bits per heavy atom. The molecule has 0 saturated carbocycles. The lowest BCUT2D eigenvalue weighted by molar-refractivity contribution is -0.135. The van der Waals surface area contributed by atoms with Crippen LogP contribution in [0.15, 0.2) is 35.2 Å². The molecule has 2 aliphatic heterocycles. The third-order valence-electron chi connectivity index (χ3n) is 4.26. The van der Waals surface area contributed by atoms with Crippen LogP contribution < -0.4 is 0 Å². The minimum absolute atomic E-state index is 0.00598. The Bertz CT molecular complexity index is 659. The summed E-state index contributed by atoms with van der Waals surface area (Å²) in [5, 5.41) is 0. The van der Waals surface area contributed by atoms with Crippen molar-refractivity contribution in [2.75, 3.05) is 27.2 Å². The van der Waals surface area contributed by atoms with Crippen molar-refractivity contribution in [3.63, 3.8) is 0 Å². The highest BCUT2D eigenvalue weighted by Gasteiger charge is 2.47. The fourth-order valence-electron chi connectivity index (χ4n) is 3.15. The van der Waals surface area contributed by atoms with Gasteiger partial charge in [0.2, 0.25) is 15.9 Å². The molecule has 0 aromatic heterocycles. The Balaban J connectivity index is 1.81. The topological polar surface area (TPSA) is 66.9 Å². The first-order valence-electron chi connectivity index (χ1n) is 7.31. The van der Waals surface area contributed by atoms with Crippen LogP contribution in [-0.2, 0) is 19.6 Å². The van der Waals surface area contributed by atoms with E-state index < -0.39 is 10.0 Å². The van der Waals surface area contributed by atoms with E-state index in [1.165, 1.54) is 4.31 Å². The molecular weight excluding hydrogens is 304 g/mol. The van der Waals surface area contributed by atoms with Gasteiger partial charge >= 0.3 is 0 Å². The molecule has 3 atom stereocenters. The Kier molecular flexibility index (Phi) is 3.96. The molecule has 120 valence electrons. The van der Waals surface area contributed by atoms with Crippen LogP contribution in [0.4, 0.5) is 0 Å². The predicted molar refractivity (Wildman–Crippen MR) is 80.7 cm³/mol. The molecule has 6 nitrogen and oxygen atoms in total. The van der Waals surface area contributed by atoms with E-state index in [9.17, 15) is 13.2 Å². The van der Waals surface area contributed by atoms with E-state index in [1.54, 1.807) is 49.3 Å². The summed E-state index contributed by atoms with van der Waals surface area (Å²) in [6.07, 6.45) is 0.0287. The van der Waals surface area contributed by atoms with Gasteiger partial charge in [0.05, 0.1) is 23.0 Å². The molecule has 0 spiro atoms. The number of morpholine rings is 1. The molecule has 22 heavy (non-hydrogen) atoms. The third kappa shape index (κ3) is 2.64. The molecule has 0 unspecified atom stereocenters. The van der Waals surface area contributed by atoms with Gasteiger partial charge in [0.15, 0.2) is 0 Å². The SMILES string of the molecule is CN(C)C(=O)[C@@H]1C[C@H]2CN(S(=O)(=O)c3ccccc3)C[C@@H]1O2. The van der Waals surface area contributed by atoms with E-state index in [1.807, 2.05) is 0 Å². The van der Waals surface area contributed by atoms with Crippen molar-refractivity contribution in [2.24, 2.45) is 5.92 Å². The third-order valence-corrected chi connectivity index (χ3v) is 6.11. The fourth-order valence-corrected chi connectivity index (χ4v) is 4.66. The van der Waals surface area contributed by atoms with Crippen molar-refractivity contribution in [2.45, 2.75) is 23.5 Å². The molecule has 7 heteroatoms. The molecule has 1 amide bonds. The van der Waals surface area contributed by atoms with Gasteiger partial charge in [-0.2, -0.15) is 4.31 Å². The van der Waals surface area contributed by atoms with Crippen LogP contribution in [-0.4, -0.2) is 62.9 Å². The summed E-state index contributed by atoms with van der Waals surface area (Å²) in [6.45, 7) is 0.545. The molecule has 2 bridgehead atoms. The summed E-state index contributed by atoms with van der Waals surface area (Å²) in [5.41, 5.74) is 0. The summed E-state index contributed by atoms with van der Waals surface area (Å²) in [5.74, 6) is -0.248. The average Bonchev–Trinajstić information content (AvgIpc) is 2.81. The van der Waals surface area contributed by atoms with Crippen LogP contribution in [0.2, 0.25) is 0 Å². The number of fused-ring (bicyclic) bond motifs is 2. The number of hydrogen-bond donors (Lipinski definition) is 0. The van der Waals surface area contributed by atoms with Gasteiger partial charge in [-0.15, -0.1) is 0 Å². The standard InChI is InChI=1S/C15H20N2O4S/c1-16(2)15(18)13-8-11-9-17(10-14(13)21-11)22(19,20)12-6-4-3-5-7-12/h3-7,11,13-14H,8-10H2,1-2H3/t11-,13+,14-/m0/s1. The first kappa shape index (κ1) is 15.5. The van der Waals surface area contributed by atoms with E-state index in [4.69, 9.17) is 4.74 Å². The van der Waals surface area contributed by atoms with Gasteiger partial charge in [-0.25, -0.2) is 8.42 Å². The zero-order valence-electron chi connectivity index (χ0n) is 12.7. The number of amides is 1. The Morgan fingerprint density at radius 1 is 1.23 bits per heavy atom. The Morgan fingerprint density at radius 3 is 2.55 bits per heavy atom. The molecule has 0 N–H and O–H groups in total. The molecule has 0 radical (unpaired) electrons. The summed E-state index contributed by atoms with van der Waals surface area (Å²) >= 11 is 0. The second-order valence-electron chi connectivity index (χ2n) is 6.01. The summed E-state index contributed by atoms with van der Waals surface area (Å²) in [6, 6.07) is 8.39. The van der Waals surface area contributed by atoms with Crippen LogP contribution in [0.5, 0.6) is 0 Å². The van der Waals surface area contributed by atoms with Gasteiger partial charge in [0, 0.05) is 27.2 Å². The predicted octanol–water partition coefficient (Wildman–Crippen LogP) is 0.553. The van der Waals surface area contributed by atoms with Crippen molar-refractivity contribution in [1.82, 2.24) is 9.21 Å². The molecule has 2 aliphatic rings. The van der Waals surface area contributed by atoms with Crippen LogP contribution in [0.3, 0.4) is 0 Å². The highest BCUT2D eigenvalue weighted by molar-refractivity contribution is 7.89. The van der Waals surface area contributed by atoms with Gasteiger partial charge in [-0.3, -0.25) is 4.79 Å². The van der Waals surface area contributed by atoms with E-state index in [0.717, 1.165) is 0 Å². The van der Waals surface area contributed by atoms with Crippen LogP contribution in [0.25, 0.3) is 0 Å². The normalized spacial score (nSPS) is 28.5. The lowest BCUT2D eigenvalue weighted by Gasteiger charge is -2.32. The first-order valence-corrected chi connectivity index (χ1v) is 8.75. The van der Waals surface area contributed by atoms with Crippen LogP contribution in [0.1, 0.15) is 6.42 Å². The molecule has 0 aliphatic carbocycles. The zero-order valence-corrected chi connectivity index (χ0v) is 13.5. The minimum Gasteiger partial charge on any atom is -0.371 e. The van der Waals surface area contributed by atoms with E-state index in [2.05, 4.69) is 0 Å². The number of rotatable bonds is 3. The summed E-state index contributed by atoms with van der Waals surface area (Å²) in [4.78, 5) is 14.0. The van der Waals surface area contributed by atoms with Gasteiger partial charge in [-0.1, -0.05) is 18.2 Å². The molecule has 1 aromatic carbocycles. The van der Waals surface area contributed by atoms with Gasteiger partial charge in [0.1, 0.15) is 0 Å². The molecular formula is C15H20N2O4S. The van der Waals surface area contributed by atoms with Crippen molar-refractivity contribution >= 4 is 15.9 Å². The fraction of sp³-hybridized carbons (Fsp3) is 0.533. The zero-order chi connectivity index (χ0) is 15.9. The van der Waals surface area contributed by atoms with Crippen molar-refractivity contribution in [1.29, 1.82) is 0 Å². The van der Waals surface area contributed by atoms with Crippen molar-refractivity contribution < 1.29 is 17.9 Å². The Labute approximate surface area is 130 Å².